The number of rotatable bonds is 1. The molecule has 2 saturated heterocycles. The van der Waals surface area contributed by atoms with E-state index < -0.39 is 71.3 Å². The van der Waals surface area contributed by atoms with Crippen molar-refractivity contribution in [3.05, 3.63) is 0 Å². The first-order valence-electron chi connectivity index (χ1n) is 8.71. The summed E-state index contributed by atoms with van der Waals surface area (Å²) >= 11 is 0. The number of amides is 2. The number of carbonyl (C=O) groups is 2. The third kappa shape index (κ3) is 5.22. The maximum Gasteiger partial charge on any atom is 0.426 e. The minimum absolute atomic E-state index is 0.293. The van der Waals surface area contributed by atoms with E-state index in [4.69, 9.17) is 9.47 Å². The zero-order chi connectivity index (χ0) is 21.7. The fourth-order valence-corrected chi connectivity index (χ4v) is 4.14. The van der Waals surface area contributed by atoms with E-state index in [9.17, 15) is 26.8 Å². The molecule has 0 spiro atoms. The molecule has 2 aliphatic rings. The molecule has 162 valence electrons. The minimum atomic E-state index is -4.53. The first-order chi connectivity index (χ1) is 12.4. The summed E-state index contributed by atoms with van der Waals surface area (Å²) in [4.78, 5) is 25.6. The predicted molar refractivity (Wildman–Crippen MR) is 93.0 cm³/mol. The van der Waals surface area contributed by atoms with Gasteiger partial charge in [-0.2, -0.15) is 12.7 Å². The van der Waals surface area contributed by atoms with Crippen LogP contribution in [0.2, 0.25) is 0 Å². The largest absolute Gasteiger partial charge is 0.444 e. The Morgan fingerprint density at radius 3 is 2.00 bits per heavy atom. The summed E-state index contributed by atoms with van der Waals surface area (Å²) < 4.78 is 67.8. The number of halogens is 2. The van der Waals surface area contributed by atoms with Gasteiger partial charge in [0, 0.05) is 6.42 Å². The summed E-state index contributed by atoms with van der Waals surface area (Å²) in [6.45, 7) is 7.78. The van der Waals surface area contributed by atoms with Crippen LogP contribution in [0, 0.1) is 0 Å². The second-order valence-electron chi connectivity index (χ2n) is 8.82. The lowest BCUT2D eigenvalue weighted by molar-refractivity contribution is -0.00336. The Hall–Kier alpha value is -1.69. The molecule has 0 unspecified atom stereocenters. The maximum absolute atomic E-state index is 14.1. The molecule has 0 saturated carbocycles. The minimum Gasteiger partial charge on any atom is -0.444 e. The standard InChI is InChI=1S/C16H26F2N2O7S/c1-14(2,3)26-12(21)19-9-16(17,18)7-10(19)11-8-25-28(23,24)20(11)13(22)27-15(4,5)6/h10-11H,7-9H2,1-6H3/t10-,11-/m0/s1. The molecule has 2 rings (SSSR count). The molecule has 0 bridgehead atoms. The normalized spacial score (nSPS) is 27.0. The zero-order valence-electron chi connectivity index (χ0n) is 16.7. The van der Waals surface area contributed by atoms with Crippen molar-refractivity contribution in [2.45, 2.75) is 77.2 Å². The SMILES string of the molecule is CC(C)(C)OC(=O)N1CC(F)(F)C[C@H]1[C@@H]1COS(=O)(=O)N1C(=O)OC(C)(C)C. The number of alkyl halides is 2. The van der Waals surface area contributed by atoms with Crippen molar-refractivity contribution >= 4 is 22.5 Å². The van der Waals surface area contributed by atoms with Crippen LogP contribution in [0.1, 0.15) is 48.0 Å². The Kier molecular flexibility index (Phi) is 5.63. The van der Waals surface area contributed by atoms with Gasteiger partial charge in [0.25, 0.3) is 5.92 Å². The second-order valence-corrected chi connectivity index (χ2v) is 10.3. The van der Waals surface area contributed by atoms with Crippen LogP contribution in [0.5, 0.6) is 0 Å². The van der Waals surface area contributed by atoms with Crippen molar-refractivity contribution in [1.29, 1.82) is 0 Å². The van der Waals surface area contributed by atoms with Gasteiger partial charge < -0.3 is 9.47 Å². The molecule has 0 aromatic heterocycles. The molecular formula is C16H26F2N2O7S. The van der Waals surface area contributed by atoms with Gasteiger partial charge >= 0.3 is 22.5 Å². The number of carbonyl (C=O) groups excluding carboxylic acids is 2. The number of ether oxygens (including phenoxy) is 2. The smallest absolute Gasteiger partial charge is 0.426 e. The number of hydrogen-bond donors (Lipinski definition) is 0. The van der Waals surface area contributed by atoms with E-state index >= 15 is 0 Å². The summed E-state index contributed by atoms with van der Waals surface area (Å²) in [5.74, 6) is -3.27. The van der Waals surface area contributed by atoms with E-state index in [0.29, 0.717) is 4.31 Å². The molecular weight excluding hydrogens is 402 g/mol. The Morgan fingerprint density at radius 1 is 1.00 bits per heavy atom. The molecule has 9 nitrogen and oxygen atoms in total. The fraction of sp³-hybridized carbons (Fsp3) is 0.875. The van der Waals surface area contributed by atoms with Crippen molar-refractivity contribution in [2.75, 3.05) is 13.2 Å². The zero-order valence-corrected chi connectivity index (χ0v) is 17.5. The van der Waals surface area contributed by atoms with Gasteiger partial charge in [-0.15, -0.1) is 0 Å². The average molecular weight is 428 g/mol. The van der Waals surface area contributed by atoms with E-state index in [1.54, 1.807) is 20.8 Å². The lowest BCUT2D eigenvalue weighted by Crippen LogP contribution is -2.53. The van der Waals surface area contributed by atoms with Gasteiger partial charge in [-0.3, -0.25) is 9.08 Å². The van der Waals surface area contributed by atoms with Crippen LogP contribution in [-0.4, -0.2) is 72.2 Å². The number of likely N-dealkylation sites (tertiary alicyclic amines) is 1. The molecule has 0 aromatic carbocycles. The van der Waals surface area contributed by atoms with Gasteiger partial charge in [0.2, 0.25) is 0 Å². The lowest BCUT2D eigenvalue weighted by atomic mass is 10.1. The number of hydrogen-bond acceptors (Lipinski definition) is 7. The Labute approximate surface area is 163 Å². The van der Waals surface area contributed by atoms with Gasteiger partial charge in [-0.1, -0.05) is 0 Å². The molecule has 2 fully saturated rings. The van der Waals surface area contributed by atoms with E-state index in [0.717, 1.165) is 4.90 Å². The van der Waals surface area contributed by atoms with Crippen LogP contribution >= 0.6 is 0 Å². The van der Waals surface area contributed by atoms with Crippen molar-refractivity contribution in [3.63, 3.8) is 0 Å². The summed E-state index contributed by atoms with van der Waals surface area (Å²) in [6, 6.07) is -2.68. The van der Waals surface area contributed by atoms with Gasteiger partial charge in [0.1, 0.15) is 11.2 Å². The monoisotopic (exact) mass is 428 g/mol. The van der Waals surface area contributed by atoms with Gasteiger partial charge in [0.15, 0.2) is 0 Å². The third-order valence-corrected chi connectivity index (χ3v) is 5.22. The fourth-order valence-electron chi connectivity index (χ4n) is 2.96. The molecule has 2 amide bonds. The first kappa shape index (κ1) is 22.6. The summed E-state index contributed by atoms with van der Waals surface area (Å²) in [5.41, 5.74) is -1.97. The second kappa shape index (κ2) is 6.97. The molecule has 0 N–H and O–H groups in total. The third-order valence-electron chi connectivity index (χ3n) is 3.89. The van der Waals surface area contributed by atoms with E-state index in [1.807, 2.05) is 0 Å². The quantitative estimate of drug-likeness (QED) is 0.632. The Morgan fingerprint density at radius 2 is 1.50 bits per heavy atom. The van der Waals surface area contributed by atoms with Crippen LogP contribution in [0.4, 0.5) is 18.4 Å². The van der Waals surface area contributed by atoms with Crippen molar-refractivity contribution in [2.24, 2.45) is 0 Å². The van der Waals surface area contributed by atoms with Crippen LogP contribution in [0.15, 0.2) is 0 Å². The summed E-state index contributed by atoms with van der Waals surface area (Å²) in [5, 5.41) is 0. The molecule has 0 aliphatic carbocycles. The number of nitrogens with zero attached hydrogens (tertiary/aromatic N) is 2. The van der Waals surface area contributed by atoms with Crippen LogP contribution < -0.4 is 0 Å². The molecule has 28 heavy (non-hydrogen) atoms. The molecule has 0 aromatic rings. The molecule has 2 atom stereocenters. The van der Waals surface area contributed by atoms with Crippen molar-refractivity contribution in [1.82, 2.24) is 9.21 Å². The van der Waals surface area contributed by atoms with Crippen LogP contribution in [0.3, 0.4) is 0 Å². The molecule has 12 heteroatoms. The van der Waals surface area contributed by atoms with Gasteiger partial charge in [-0.05, 0) is 41.5 Å². The summed E-state index contributed by atoms with van der Waals surface area (Å²) in [6.07, 6.45) is -3.12. The Bertz CT molecular complexity index is 743. The molecule has 0 radical (unpaired) electrons. The van der Waals surface area contributed by atoms with Crippen LogP contribution in [-0.2, 0) is 24.0 Å². The van der Waals surface area contributed by atoms with Crippen molar-refractivity contribution in [3.8, 4) is 0 Å². The molecule has 2 aliphatic heterocycles. The summed E-state index contributed by atoms with van der Waals surface area (Å²) in [7, 11) is -4.53. The van der Waals surface area contributed by atoms with E-state index in [1.165, 1.54) is 20.8 Å². The Balaban J connectivity index is 2.35. The van der Waals surface area contributed by atoms with E-state index in [2.05, 4.69) is 4.18 Å². The highest BCUT2D eigenvalue weighted by atomic mass is 32.2. The van der Waals surface area contributed by atoms with Gasteiger partial charge in [0.05, 0.1) is 25.2 Å². The topological polar surface area (TPSA) is 102 Å². The van der Waals surface area contributed by atoms with Crippen molar-refractivity contribution < 1.29 is 40.4 Å². The maximum atomic E-state index is 14.1. The lowest BCUT2D eigenvalue weighted by Gasteiger charge is -2.33. The highest BCUT2D eigenvalue weighted by molar-refractivity contribution is 7.85. The average Bonchev–Trinajstić information content (AvgIpc) is 2.90. The van der Waals surface area contributed by atoms with Gasteiger partial charge in [-0.25, -0.2) is 18.4 Å². The van der Waals surface area contributed by atoms with E-state index in [-0.39, 0.29) is 0 Å². The first-order valence-corrected chi connectivity index (χ1v) is 10.1. The van der Waals surface area contributed by atoms with Crippen LogP contribution in [0.25, 0.3) is 0 Å². The highest BCUT2D eigenvalue weighted by Crippen LogP contribution is 2.38. The highest BCUT2D eigenvalue weighted by Gasteiger charge is 2.57. The molecule has 2 heterocycles. The predicted octanol–water partition coefficient (Wildman–Crippen LogP) is 2.51.